The molecule has 0 aliphatic rings. The molecule has 0 radical (unpaired) electrons. The third kappa shape index (κ3) is 6.08. The fraction of sp³-hybridized carbons (Fsp3) is 0.389. The second kappa shape index (κ2) is 9.36. The van der Waals surface area contributed by atoms with Gasteiger partial charge in [-0.2, -0.15) is 18.3 Å². The number of hydrogen-bond acceptors (Lipinski definition) is 4. The van der Waals surface area contributed by atoms with Crippen LogP contribution in [0, 0.1) is 0 Å². The lowest BCUT2D eigenvalue weighted by Crippen LogP contribution is -2.27. The zero-order valence-electron chi connectivity index (χ0n) is 15.5. The summed E-state index contributed by atoms with van der Waals surface area (Å²) in [5.41, 5.74) is 1.08. The number of halogens is 3. The number of anilines is 1. The number of nitrogens with one attached hydrogen (secondary N) is 2. The van der Waals surface area contributed by atoms with E-state index in [2.05, 4.69) is 20.5 Å². The number of rotatable bonds is 8. The molecule has 2 amide bonds. The molecule has 1 aromatic heterocycles. The molecule has 152 valence electrons. The van der Waals surface area contributed by atoms with Gasteiger partial charge in [0.1, 0.15) is 12.3 Å². The molecule has 0 aliphatic heterocycles. The number of nitrogens with zero attached hydrogens (tertiary/aromatic N) is 2. The first-order valence-electron chi connectivity index (χ1n) is 8.56. The summed E-state index contributed by atoms with van der Waals surface area (Å²) >= 11 is 0. The van der Waals surface area contributed by atoms with Gasteiger partial charge in [0.15, 0.2) is 0 Å². The number of benzene rings is 1. The van der Waals surface area contributed by atoms with Crippen molar-refractivity contribution in [2.24, 2.45) is 7.05 Å². The molecule has 7 nitrogen and oxygen atoms in total. The lowest BCUT2D eigenvalue weighted by molar-refractivity contribution is -0.176. The summed E-state index contributed by atoms with van der Waals surface area (Å²) in [6, 6.07) is 6.04. The van der Waals surface area contributed by atoms with E-state index in [9.17, 15) is 22.8 Å². The molecule has 1 aromatic carbocycles. The molecule has 0 aliphatic carbocycles. The number of hydrogen-bond donors (Lipinski definition) is 2. The Morgan fingerprint density at radius 3 is 2.68 bits per heavy atom. The molecule has 1 heterocycles. The van der Waals surface area contributed by atoms with Crippen LogP contribution in [0.5, 0.6) is 0 Å². The highest BCUT2D eigenvalue weighted by molar-refractivity contribution is 6.08. The fourth-order valence-corrected chi connectivity index (χ4v) is 2.40. The van der Waals surface area contributed by atoms with Crippen LogP contribution < -0.4 is 10.6 Å². The van der Waals surface area contributed by atoms with E-state index in [4.69, 9.17) is 0 Å². The van der Waals surface area contributed by atoms with Crippen LogP contribution in [0.25, 0.3) is 0 Å². The number of carbonyl (C=O) groups is 2. The lowest BCUT2D eigenvalue weighted by atomic mass is 10.1. The maximum atomic E-state index is 12.5. The first-order valence-corrected chi connectivity index (χ1v) is 8.56. The Kier molecular flexibility index (Phi) is 7.16. The second-order valence-corrected chi connectivity index (χ2v) is 6.05. The van der Waals surface area contributed by atoms with Crippen LogP contribution in [0.3, 0.4) is 0 Å². The van der Waals surface area contributed by atoms with Crippen molar-refractivity contribution < 1.29 is 27.5 Å². The van der Waals surface area contributed by atoms with Crippen molar-refractivity contribution in [2.45, 2.75) is 26.1 Å². The number of amides is 2. The molecule has 0 fully saturated rings. The van der Waals surface area contributed by atoms with Crippen molar-refractivity contribution in [3.8, 4) is 0 Å². The average Bonchev–Trinajstić information content (AvgIpc) is 2.99. The van der Waals surface area contributed by atoms with Gasteiger partial charge in [0, 0.05) is 19.2 Å². The summed E-state index contributed by atoms with van der Waals surface area (Å²) in [7, 11) is 1.58. The molecular weight excluding hydrogens is 377 g/mol. The molecule has 2 aromatic rings. The molecule has 0 spiro atoms. The third-order valence-electron chi connectivity index (χ3n) is 3.66. The highest BCUT2D eigenvalue weighted by Gasteiger charge is 2.27. The van der Waals surface area contributed by atoms with Crippen LogP contribution in [0.2, 0.25) is 0 Å². The Bertz CT molecular complexity index is 834. The Hall–Kier alpha value is -2.88. The largest absolute Gasteiger partial charge is 0.411 e. The smallest absolute Gasteiger partial charge is 0.367 e. The number of ether oxygens (including phenoxy) is 1. The molecule has 28 heavy (non-hydrogen) atoms. The molecular formula is C18H21F3N4O3. The number of aromatic nitrogens is 2. The van der Waals surface area contributed by atoms with Crippen molar-refractivity contribution in [3.05, 3.63) is 47.3 Å². The molecule has 0 saturated carbocycles. The zero-order valence-corrected chi connectivity index (χ0v) is 15.5. The highest BCUT2D eigenvalue weighted by Crippen LogP contribution is 2.18. The van der Waals surface area contributed by atoms with Gasteiger partial charge in [0.2, 0.25) is 0 Å². The second-order valence-electron chi connectivity index (χ2n) is 6.05. The molecule has 2 N–H and O–H groups in total. The van der Waals surface area contributed by atoms with Gasteiger partial charge < -0.3 is 15.4 Å². The number of alkyl halides is 3. The Morgan fingerprint density at radius 2 is 2.00 bits per heavy atom. The zero-order chi connectivity index (χ0) is 20.7. The van der Waals surface area contributed by atoms with Crippen LogP contribution in [0.4, 0.5) is 18.9 Å². The summed E-state index contributed by atoms with van der Waals surface area (Å²) in [5.74, 6) is -0.887. The van der Waals surface area contributed by atoms with E-state index in [0.29, 0.717) is 12.1 Å². The minimum absolute atomic E-state index is 0.200. The summed E-state index contributed by atoms with van der Waals surface area (Å²) in [5, 5.41) is 9.31. The first-order chi connectivity index (χ1) is 13.2. The van der Waals surface area contributed by atoms with Gasteiger partial charge in [-0.25, -0.2) is 0 Å². The molecule has 0 unspecified atom stereocenters. The van der Waals surface area contributed by atoms with E-state index in [1.54, 1.807) is 19.2 Å². The van der Waals surface area contributed by atoms with Crippen LogP contribution in [-0.4, -0.2) is 40.9 Å². The number of carbonyl (C=O) groups excluding carboxylic acids is 2. The van der Waals surface area contributed by atoms with Crippen LogP contribution in [0.15, 0.2) is 30.5 Å². The van der Waals surface area contributed by atoms with Crippen LogP contribution in [0.1, 0.15) is 39.8 Å². The van der Waals surface area contributed by atoms with Gasteiger partial charge in [-0.3, -0.25) is 14.3 Å². The van der Waals surface area contributed by atoms with Crippen molar-refractivity contribution in [1.82, 2.24) is 15.1 Å². The van der Waals surface area contributed by atoms with Gasteiger partial charge in [0.25, 0.3) is 11.8 Å². The Balaban J connectivity index is 2.07. The molecule has 0 saturated heterocycles. The highest BCUT2D eigenvalue weighted by atomic mass is 19.4. The van der Waals surface area contributed by atoms with Crippen molar-refractivity contribution in [3.63, 3.8) is 0 Å². The lowest BCUT2D eigenvalue weighted by Gasteiger charge is -2.10. The molecule has 10 heteroatoms. The van der Waals surface area contributed by atoms with Crippen LogP contribution >= 0.6 is 0 Å². The van der Waals surface area contributed by atoms with Crippen molar-refractivity contribution >= 4 is 17.5 Å². The first kappa shape index (κ1) is 21.4. The van der Waals surface area contributed by atoms with E-state index in [-0.39, 0.29) is 29.5 Å². The molecule has 2 rings (SSSR count). The van der Waals surface area contributed by atoms with Crippen molar-refractivity contribution in [2.75, 3.05) is 18.5 Å². The van der Waals surface area contributed by atoms with Gasteiger partial charge in [-0.1, -0.05) is 19.1 Å². The predicted molar refractivity (Wildman–Crippen MR) is 95.9 cm³/mol. The fourth-order valence-electron chi connectivity index (χ4n) is 2.40. The minimum atomic E-state index is -4.41. The summed E-state index contributed by atoms with van der Waals surface area (Å²) in [4.78, 5) is 24.7. The normalized spacial score (nSPS) is 11.3. The SMILES string of the molecule is CCCNC(=O)c1c(NC(=O)c2cccc(COCC(F)(F)F)c2)cnn1C. The summed E-state index contributed by atoms with van der Waals surface area (Å²) < 4.78 is 42.4. The molecule has 0 atom stereocenters. The number of aryl methyl sites for hydroxylation is 1. The minimum Gasteiger partial charge on any atom is -0.367 e. The van der Waals surface area contributed by atoms with Crippen LogP contribution in [-0.2, 0) is 18.4 Å². The van der Waals surface area contributed by atoms with Gasteiger partial charge in [0.05, 0.1) is 18.5 Å². The average molecular weight is 398 g/mol. The summed E-state index contributed by atoms with van der Waals surface area (Å²) in [6.45, 7) is 0.753. The Morgan fingerprint density at radius 1 is 1.25 bits per heavy atom. The predicted octanol–water partition coefficient (Wildman–Crippen LogP) is 2.89. The third-order valence-corrected chi connectivity index (χ3v) is 3.66. The standard InChI is InChI=1S/C18H21F3N4O3/c1-3-7-22-17(27)15-14(9-23-25(15)2)24-16(26)13-6-4-5-12(8-13)10-28-11-18(19,20)21/h4-6,8-9H,3,7,10-11H2,1-2H3,(H,22,27)(H,24,26). The van der Waals surface area contributed by atoms with E-state index in [0.717, 1.165) is 6.42 Å². The van der Waals surface area contributed by atoms with E-state index < -0.39 is 18.7 Å². The maximum absolute atomic E-state index is 12.5. The summed E-state index contributed by atoms with van der Waals surface area (Å²) in [6.07, 6.45) is -2.30. The van der Waals surface area contributed by atoms with Gasteiger partial charge >= 0.3 is 6.18 Å². The van der Waals surface area contributed by atoms with E-state index >= 15 is 0 Å². The topological polar surface area (TPSA) is 85.2 Å². The van der Waals surface area contributed by atoms with E-state index in [1.165, 1.54) is 23.0 Å². The van der Waals surface area contributed by atoms with Crippen molar-refractivity contribution in [1.29, 1.82) is 0 Å². The van der Waals surface area contributed by atoms with Gasteiger partial charge in [-0.05, 0) is 24.1 Å². The van der Waals surface area contributed by atoms with Gasteiger partial charge in [-0.15, -0.1) is 0 Å². The maximum Gasteiger partial charge on any atom is 0.411 e. The molecule has 0 bridgehead atoms. The monoisotopic (exact) mass is 398 g/mol. The Labute approximate surface area is 159 Å². The van der Waals surface area contributed by atoms with E-state index in [1.807, 2.05) is 6.92 Å². The quantitative estimate of drug-likeness (QED) is 0.716.